The topological polar surface area (TPSA) is 79.5 Å². The molecule has 1 saturated heterocycles. The number of aliphatic hydroxyl groups excluding tert-OH is 1. The number of aliphatic hydroxyl groups is 1. The lowest BCUT2D eigenvalue weighted by molar-refractivity contribution is 0.0521. The van der Waals surface area contributed by atoms with E-state index in [4.69, 9.17) is 5.73 Å². The summed E-state index contributed by atoms with van der Waals surface area (Å²) in [6.45, 7) is 3.40. The molecule has 21 heavy (non-hydrogen) atoms. The highest BCUT2D eigenvalue weighted by Crippen LogP contribution is 2.22. The maximum atomic E-state index is 12.6. The van der Waals surface area contributed by atoms with E-state index in [0.717, 1.165) is 12.8 Å². The maximum absolute atomic E-state index is 12.6. The molecule has 0 radical (unpaired) electrons. The SMILES string of the molecule is CC(O)C1CCN(C(=O)c2ccncc2C#CCN)CC1. The summed E-state index contributed by atoms with van der Waals surface area (Å²) in [4.78, 5) is 18.4. The van der Waals surface area contributed by atoms with Crippen LogP contribution in [0, 0.1) is 17.8 Å². The van der Waals surface area contributed by atoms with Crippen LogP contribution in [0.25, 0.3) is 0 Å². The highest BCUT2D eigenvalue weighted by atomic mass is 16.3. The van der Waals surface area contributed by atoms with E-state index in [1.54, 1.807) is 18.5 Å². The van der Waals surface area contributed by atoms with Crippen molar-refractivity contribution in [3.05, 3.63) is 29.6 Å². The minimum Gasteiger partial charge on any atom is -0.393 e. The molecule has 3 N–H and O–H groups in total. The Kier molecular flexibility index (Phi) is 5.32. The van der Waals surface area contributed by atoms with E-state index in [-0.39, 0.29) is 24.5 Å². The van der Waals surface area contributed by atoms with Crippen LogP contribution < -0.4 is 5.73 Å². The van der Waals surface area contributed by atoms with Crippen molar-refractivity contribution in [3.63, 3.8) is 0 Å². The Labute approximate surface area is 125 Å². The van der Waals surface area contributed by atoms with Gasteiger partial charge < -0.3 is 15.7 Å². The van der Waals surface area contributed by atoms with E-state index in [2.05, 4.69) is 16.8 Å². The normalized spacial score (nSPS) is 17.0. The summed E-state index contributed by atoms with van der Waals surface area (Å²) in [5, 5.41) is 9.62. The third-order valence-electron chi connectivity index (χ3n) is 3.89. The van der Waals surface area contributed by atoms with Gasteiger partial charge in [0.2, 0.25) is 0 Å². The van der Waals surface area contributed by atoms with E-state index in [1.165, 1.54) is 0 Å². The van der Waals surface area contributed by atoms with Crippen LogP contribution in [-0.2, 0) is 0 Å². The van der Waals surface area contributed by atoms with Gasteiger partial charge >= 0.3 is 0 Å². The lowest BCUT2D eigenvalue weighted by atomic mass is 9.92. The molecule has 2 rings (SSSR count). The molecule has 0 bridgehead atoms. The third-order valence-corrected chi connectivity index (χ3v) is 3.89. The summed E-state index contributed by atoms with van der Waals surface area (Å²) in [6, 6.07) is 1.70. The van der Waals surface area contributed by atoms with E-state index < -0.39 is 0 Å². The van der Waals surface area contributed by atoms with Gasteiger partial charge in [-0.05, 0) is 31.7 Å². The highest BCUT2D eigenvalue weighted by Gasteiger charge is 2.26. The van der Waals surface area contributed by atoms with E-state index in [1.807, 2.05) is 11.8 Å². The first kappa shape index (κ1) is 15.5. The number of carbonyl (C=O) groups excluding carboxylic acids is 1. The number of pyridine rings is 1. The number of hydrogen-bond donors (Lipinski definition) is 2. The second-order valence-electron chi connectivity index (χ2n) is 5.30. The largest absolute Gasteiger partial charge is 0.393 e. The fourth-order valence-electron chi connectivity index (χ4n) is 2.58. The van der Waals surface area contributed by atoms with Gasteiger partial charge in [0.1, 0.15) is 0 Å². The summed E-state index contributed by atoms with van der Waals surface area (Å²) >= 11 is 0. The van der Waals surface area contributed by atoms with Gasteiger partial charge in [0.15, 0.2) is 0 Å². The molecule has 1 unspecified atom stereocenters. The van der Waals surface area contributed by atoms with Crippen molar-refractivity contribution < 1.29 is 9.90 Å². The lowest BCUT2D eigenvalue weighted by Gasteiger charge is -2.33. The zero-order valence-electron chi connectivity index (χ0n) is 12.2. The Balaban J connectivity index is 2.11. The van der Waals surface area contributed by atoms with Crippen molar-refractivity contribution in [2.75, 3.05) is 19.6 Å². The molecule has 5 heteroatoms. The lowest BCUT2D eigenvalue weighted by Crippen LogP contribution is -2.41. The Hall–Kier alpha value is -1.90. The van der Waals surface area contributed by atoms with Crippen LogP contribution in [-0.4, -0.2) is 46.6 Å². The molecule has 0 saturated carbocycles. The average Bonchev–Trinajstić information content (AvgIpc) is 2.52. The fraction of sp³-hybridized carbons (Fsp3) is 0.500. The molecule has 1 fully saturated rings. The Morgan fingerprint density at radius 2 is 2.29 bits per heavy atom. The summed E-state index contributed by atoms with van der Waals surface area (Å²) in [7, 11) is 0. The number of piperidine rings is 1. The zero-order chi connectivity index (χ0) is 15.2. The summed E-state index contributed by atoms with van der Waals surface area (Å²) in [5.74, 6) is 5.91. The zero-order valence-corrected chi connectivity index (χ0v) is 12.2. The number of aromatic nitrogens is 1. The minimum absolute atomic E-state index is 0.0252. The van der Waals surface area contributed by atoms with Crippen LogP contribution in [0.3, 0.4) is 0 Å². The summed E-state index contributed by atoms with van der Waals surface area (Å²) in [5.41, 5.74) is 6.56. The van der Waals surface area contributed by atoms with E-state index in [0.29, 0.717) is 24.2 Å². The van der Waals surface area contributed by atoms with E-state index in [9.17, 15) is 9.90 Å². The van der Waals surface area contributed by atoms with Gasteiger partial charge in [0.25, 0.3) is 5.91 Å². The number of nitrogens with two attached hydrogens (primary N) is 1. The van der Waals surface area contributed by atoms with Gasteiger partial charge in [0.05, 0.1) is 23.8 Å². The number of nitrogens with zero attached hydrogens (tertiary/aromatic N) is 2. The predicted molar refractivity (Wildman–Crippen MR) is 80.5 cm³/mol. The Bertz CT molecular complexity index is 552. The first-order valence-corrected chi connectivity index (χ1v) is 7.23. The molecule has 1 amide bonds. The number of amides is 1. The van der Waals surface area contributed by atoms with Crippen molar-refractivity contribution in [2.24, 2.45) is 11.7 Å². The van der Waals surface area contributed by atoms with Crippen molar-refractivity contribution in [3.8, 4) is 11.8 Å². The van der Waals surface area contributed by atoms with Gasteiger partial charge in [-0.3, -0.25) is 9.78 Å². The maximum Gasteiger partial charge on any atom is 0.255 e. The van der Waals surface area contributed by atoms with Crippen molar-refractivity contribution in [2.45, 2.75) is 25.9 Å². The molecular formula is C16H21N3O2. The second-order valence-corrected chi connectivity index (χ2v) is 5.30. The van der Waals surface area contributed by atoms with Crippen molar-refractivity contribution in [1.82, 2.24) is 9.88 Å². The monoisotopic (exact) mass is 287 g/mol. The van der Waals surface area contributed by atoms with Crippen LogP contribution in [0.4, 0.5) is 0 Å². The standard InChI is InChI=1S/C16H21N3O2/c1-12(20)13-5-9-19(10-6-13)16(21)15-4-8-18-11-14(15)3-2-7-17/h4,8,11-13,20H,5-7,9-10,17H2,1H3. The fourth-order valence-corrected chi connectivity index (χ4v) is 2.58. The molecular weight excluding hydrogens is 266 g/mol. The van der Waals surface area contributed by atoms with Crippen LogP contribution in [0.5, 0.6) is 0 Å². The summed E-state index contributed by atoms with van der Waals surface area (Å²) in [6.07, 6.45) is 4.55. The molecule has 0 spiro atoms. The second kappa shape index (κ2) is 7.21. The first-order chi connectivity index (χ1) is 10.1. The van der Waals surface area contributed by atoms with Crippen molar-refractivity contribution >= 4 is 5.91 Å². The number of carbonyl (C=O) groups is 1. The number of likely N-dealkylation sites (tertiary alicyclic amines) is 1. The van der Waals surface area contributed by atoms with Crippen LogP contribution >= 0.6 is 0 Å². The molecule has 1 aromatic heterocycles. The molecule has 0 aromatic carbocycles. The van der Waals surface area contributed by atoms with E-state index >= 15 is 0 Å². The van der Waals surface area contributed by atoms with Gasteiger partial charge in [-0.25, -0.2) is 0 Å². The molecule has 1 aromatic rings. The molecule has 2 heterocycles. The molecule has 5 nitrogen and oxygen atoms in total. The van der Waals surface area contributed by atoms with Crippen molar-refractivity contribution in [1.29, 1.82) is 0 Å². The number of rotatable bonds is 2. The quantitative estimate of drug-likeness (QED) is 0.782. The van der Waals surface area contributed by atoms with Gasteiger partial charge in [0, 0.05) is 25.5 Å². The summed E-state index contributed by atoms with van der Waals surface area (Å²) < 4.78 is 0. The predicted octanol–water partition coefficient (Wildman–Crippen LogP) is 0.625. The Morgan fingerprint density at radius 3 is 2.90 bits per heavy atom. The molecule has 1 aliphatic heterocycles. The van der Waals surface area contributed by atoms with Crippen LogP contribution in [0.15, 0.2) is 18.5 Å². The smallest absolute Gasteiger partial charge is 0.255 e. The average molecular weight is 287 g/mol. The molecule has 1 atom stereocenters. The van der Waals surface area contributed by atoms with Gasteiger partial charge in [-0.2, -0.15) is 0 Å². The van der Waals surface area contributed by atoms with Crippen LogP contribution in [0.1, 0.15) is 35.7 Å². The first-order valence-electron chi connectivity index (χ1n) is 7.23. The third kappa shape index (κ3) is 3.81. The van der Waals surface area contributed by atoms with Gasteiger partial charge in [-0.1, -0.05) is 11.8 Å². The molecule has 1 aliphatic rings. The molecule has 112 valence electrons. The molecule has 0 aliphatic carbocycles. The minimum atomic E-state index is -0.311. The van der Waals surface area contributed by atoms with Gasteiger partial charge in [-0.15, -0.1) is 0 Å². The number of hydrogen-bond acceptors (Lipinski definition) is 4. The Morgan fingerprint density at radius 1 is 1.57 bits per heavy atom. The van der Waals surface area contributed by atoms with Crippen LogP contribution in [0.2, 0.25) is 0 Å². The highest BCUT2D eigenvalue weighted by molar-refractivity contribution is 5.96.